The molecule has 0 bridgehead atoms. The Hall–Kier alpha value is -1.30. The third-order valence-corrected chi connectivity index (χ3v) is 5.64. The fourth-order valence-corrected chi connectivity index (χ4v) is 4.19. The molecule has 0 aliphatic carbocycles. The molecule has 5 nitrogen and oxygen atoms in total. The largest absolute Gasteiger partial charge is 0.495 e. The molecule has 1 unspecified atom stereocenters. The number of piperidine rings is 1. The van der Waals surface area contributed by atoms with Crippen molar-refractivity contribution in [2.24, 2.45) is 0 Å². The average Bonchev–Trinajstić information content (AvgIpc) is 2.71. The van der Waals surface area contributed by atoms with Crippen molar-refractivity contribution in [3.05, 3.63) is 24.3 Å². The minimum Gasteiger partial charge on any atom is -0.495 e. The number of likely N-dealkylation sites (tertiary alicyclic amines) is 1. The topological polar surface area (TPSA) is 28.2 Å². The number of benzene rings is 1. The Morgan fingerprint density at radius 3 is 2.62 bits per heavy atom. The van der Waals surface area contributed by atoms with Gasteiger partial charge in [0.25, 0.3) is 0 Å². The lowest BCUT2D eigenvalue weighted by Gasteiger charge is -2.44. The molecule has 0 saturated carbocycles. The first-order valence-corrected chi connectivity index (χ1v) is 10.2. The number of ether oxygens (including phenoxy) is 2. The van der Waals surface area contributed by atoms with Crippen LogP contribution in [0, 0.1) is 0 Å². The van der Waals surface area contributed by atoms with Gasteiger partial charge in [0.2, 0.25) is 0 Å². The molecule has 146 valence electrons. The summed E-state index contributed by atoms with van der Waals surface area (Å²) in [6, 6.07) is 9.08. The SMILES string of the molecule is CCCOCCN1CCCC(N2CCN(c3ccccc3OC)CC2)C1. The van der Waals surface area contributed by atoms with E-state index in [-0.39, 0.29) is 0 Å². The van der Waals surface area contributed by atoms with Crippen molar-refractivity contribution in [2.45, 2.75) is 32.2 Å². The summed E-state index contributed by atoms with van der Waals surface area (Å²) in [6.07, 6.45) is 3.76. The molecule has 2 aliphatic rings. The summed E-state index contributed by atoms with van der Waals surface area (Å²) < 4.78 is 11.2. The highest BCUT2D eigenvalue weighted by Crippen LogP contribution is 2.29. The van der Waals surface area contributed by atoms with E-state index in [9.17, 15) is 0 Å². The van der Waals surface area contributed by atoms with Crippen molar-refractivity contribution >= 4 is 5.69 Å². The van der Waals surface area contributed by atoms with E-state index in [1.165, 1.54) is 31.6 Å². The van der Waals surface area contributed by atoms with Gasteiger partial charge in [-0.15, -0.1) is 0 Å². The zero-order chi connectivity index (χ0) is 18.2. The van der Waals surface area contributed by atoms with E-state index in [1.54, 1.807) is 7.11 Å². The third kappa shape index (κ3) is 5.12. The molecule has 0 aromatic heterocycles. The molecule has 26 heavy (non-hydrogen) atoms. The van der Waals surface area contributed by atoms with Crippen molar-refractivity contribution in [2.75, 3.05) is 71.0 Å². The smallest absolute Gasteiger partial charge is 0.142 e. The molecule has 2 saturated heterocycles. The van der Waals surface area contributed by atoms with Gasteiger partial charge >= 0.3 is 0 Å². The van der Waals surface area contributed by atoms with Crippen molar-refractivity contribution in [3.63, 3.8) is 0 Å². The highest BCUT2D eigenvalue weighted by molar-refractivity contribution is 5.58. The lowest BCUT2D eigenvalue weighted by molar-refractivity contribution is 0.0601. The van der Waals surface area contributed by atoms with E-state index >= 15 is 0 Å². The first-order chi connectivity index (χ1) is 12.8. The Balaban J connectivity index is 1.47. The van der Waals surface area contributed by atoms with Gasteiger partial charge in [-0.2, -0.15) is 0 Å². The Labute approximate surface area is 158 Å². The summed E-state index contributed by atoms with van der Waals surface area (Å²) in [5.41, 5.74) is 1.23. The van der Waals surface area contributed by atoms with Crippen LogP contribution in [0.15, 0.2) is 24.3 Å². The number of hydrogen-bond acceptors (Lipinski definition) is 5. The maximum atomic E-state index is 5.68. The molecule has 2 aliphatic heterocycles. The Morgan fingerprint density at radius 1 is 1.04 bits per heavy atom. The van der Waals surface area contributed by atoms with Gasteiger partial charge in [-0.05, 0) is 37.9 Å². The first-order valence-electron chi connectivity index (χ1n) is 10.2. The van der Waals surface area contributed by atoms with Crippen LogP contribution >= 0.6 is 0 Å². The number of rotatable bonds is 8. The summed E-state index contributed by atoms with van der Waals surface area (Å²) in [5, 5.41) is 0. The van der Waals surface area contributed by atoms with Gasteiger partial charge < -0.3 is 14.4 Å². The zero-order valence-electron chi connectivity index (χ0n) is 16.5. The Morgan fingerprint density at radius 2 is 1.85 bits per heavy atom. The fraction of sp³-hybridized carbons (Fsp3) is 0.714. The standard InChI is InChI=1S/C21H35N3O2/c1-3-16-26-17-15-22-10-6-7-19(18-22)23-11-13-24(14-12-23)20-8-4-5-9-21(20)25-2/h4-5,8-9,19H,3,6-7,10-18H2,1-2H3. The van der Waals surface area contributed by atoms with E-state index in [2.05, 4.69) is 39.8 Å². The second-order valence-corrected chi connectivity index (χ2v) is 7.40. The second kappa shape index (κ2) is 10.1. The molecular formula is C21H35N3O2. The molecule has 0 spiro atoms. The van der Waals surface area contributed by atoms with Crippen LogP contribution in [-0.4, -0.2) is 82.0 Å². The molecule has 1 atom stereocenters. The number of piperazine rings is 1. The van der Waals surface area contributed by atoms with Gasteiger partial charge in [-0.3, -0.25) is 9.80 Å². The van der Waals surface area contributed by atoms with Crippen LogP contribution in [-0.2, 0) is 4.74 Å². The van der Waals surface area contributed by atoms with Crippen molar-refractivity contribution in [1.29, 1.82) is 0 Å². The van der Waals surface area contributed by atoms with Gasteiger partial charge in [0.1, 0.15) is 5.75 Å². The predicted octanol–water partition coefficient (Wildman–Crippen LogP) is 2.71. The highest BCUT2D eigenvalue weighted by atomic mass is 16.5. The van der Waals surface area contributed by atoms with Gasteiger partial charge in [0, 0.05) is 51.9 Å². The summed E-state index contributed by atoms with van der Waals surface area (Å²) in [5.74, 6) is 0.983. The maximum absolute atomic E-state index is 5.68. The van der Waals surface area contributed by atoms with E-state index in [0.717, 1.165) is 58.1 Å². The molecule has 3 rings (SSSR count). The van der Waals surface area contributed by atoms with Crippen molar-refractivity contribution in [1.82, 2.24) is 9.80 Å². The number of para-hydroxylation sites is 2. The summed E-state index contributed by atoms with van der Waals surface area (Å²) >= 11 is 0. The van der Waals surface area contributed by atoms with E-state index < -0.39 is 0 Å². The van der Waals surface area contributed by atoms with E-state index in [4.69, 9.17) is 9.47 Å². The monoisotopic (exact) mass is 361 g/mol. The molecule has 0 N–H and O–H groups in total. The minimum absolute atomic E-state index is 0.703. The molecule has 0 radical (unpaired) electrons. The Kier molecular flexibility index (Phi) is 7.59. The lowest BCUT2D eigenvalue weighted by Crippen LogP contribution is -2.55. The maximum Gasteiger partial charge on any atom is 0.142 e. The minimum atomic E-state index is 0.703. The van der Waals surface area contributed by atoms with E-state index in [0.29, 0.717) is 6.04 Å². The molecule has 0 amide bonds. The van der Waals surface area contributed by atoms with Crippen LogP contribution in [0.3, 0.4) is 0 Å². The van der Waals surface area contributed by atoms with Gasteiger partial charge in [0.05, 0.1) is 19.4 Å². The molecule has 2 fully saturated rings. The summed E-state index contributed by atoms with van der Waals surface area (Å²) in [6.45, 7) is 11.9. The average molecular weight is 362 g/mol. The van der Waals surface area contributed by atoms with Crippen LogP contribution in [0.1, 0.15) is 26.2 Å². The van der Waals surface area contributed by atoms with Gasteiger partial charge in [-0.25, -0.2) is 0 Å². The van der Waals surface area contributed by atoms with Crippen LogP contribution in [0.25, 0.3) is 0 Å². The zero-order valence-corrected chi connectivity index (χ0v) is 16.5. The fourth-order valence-electron chi connectivity index (χ4n) is 4.19. The van der Waals surface area contributed by atoms with Crippen molar-refractivity contribution in [3.8, 4) is 5.75 Å². The first kappa shape index (κ1) is 19.5. The molecular weight excluding hydrogens is 326 g/mol. The number of nitrogens with zero attached hydrogens (tertiary/aromatic N) is 3. The normalized spacial score (nSPS) is 22.5. The van der Waals surface area contributed by atoms with Crippen molar-refractivity contribution < 1.29 is 9.47 Å². The third-order valence-electron chi connectivity index (χ3n) is 5.64. The van der Waals surface area contributed by atoms with Crippen LogP contribution < -0.4 is 9.64 Å². The molecule has 2 heterocycles. The number of hydrogen-bond donors (Lipinski definition) is 0. The van der Waals surface area contributed by atoms with Gasteiger partial charge in [0.15, 0.2) is 0 Å². The van der Waals surface area contributed by atoms with Crippen LogP contribution in [0.5, 0.6) is 5.75 Å². The summed E-state index contributed by atoms with van der Waals surface area (Å²) in [7, 11) is 1.76. The quantitative estimate of drug-likeness (QED) is 0.664. The Bertz CT molecular complexity index is 532. The number of anilines is 1. The van der Waals surface area contributed by atoms with Gasteiger partial charge in [-0.1, -0.05) is 19.1 Å². The molecule has 1 aromatic rings. The second-order valence-electron chi connectivity index (χ2n) is 7.40. The summed E-state index contributed by atoms with van der Waals surface area (Å²) in [4.78, 5) is 7.76. The molecule has 1 aromatic carbocycles. The lowest BCUT2D eigenvalue weighted by atomic mass is 10.0. The van der Waals surface area contributed by atoms with E-state index in [1.807, 2.05) is 6.07 Å². The predicted molar refractivity (Wildman–Crippen MR) is 107 cm³/mol. The molecule has 5 heteroatoms. The van der Waals surface area contributed by atoms with Crippen LogP contribution in [0.4, 0.5) is 5.69 Å². The van der Waals surface area contributed by atoms with Crippen LogP contribution in [0.2, 0.25) is 0 Å². The number of methoxy groups -OCH3 is 1. The highest BCUT2D eigenvalue weighted by Gasteiger charge is 2.28.